The summed E-state index contributed by atoms with van der Waals surface area (Å²) in [5.41, 5.74) is 0. The van der Waals surface area contributed by atoms with Gasteiger partial charge in [-0.25, -0.2) is 0 Å². The number of rotatable bonds is 6. The maximum absolute atomic E-state index is 12.0. The largest absolute Gasteiger partial charge is 0.433 e. The summed E-state index contributed by atoms with van der Waals surface area (Å²) in [6, 6.07) is 6.55. The molecule has 0 spiro atoms. The molecule has 1 N–H and O–H groups in total. The standard InChI is InChI=1S/C15H16N2O4S/c1-10(2)15(12-4-3-9-22-12)16-13(18)7-5-11-6-8-14(21-11)17(19)20/h3-10,15H,1-2H3,(H,16,18)/b7-5+/t15-/m0/s1. The predicted molar refractivity (Wildman–Crippen MR) is 84.4 cm³/mol. The molecule has 1 atom stereocenters. The van der Waals surface area contributed by atoms with Gasteiger partial charge in [0.25, 0.3) is 0 Å². The van der Waals surface area contributed by atoms with Crippen LogP contribution in [0.4, 0.5) is 5.88 Å². The fraction of sp³-hybridized carbons (Fsp3) is 0.267. The van der Waals surface area contributed by atoms with Gasteiger partial charge in [0.2, 0.25) is 5.91 Å². The number of furan rings is 1. The van der Waals surface area contributed by atoms with Gasteiger partial charge in [-0.15, -0.1) is 11.3 Å². The van der Waals surface area contributed by atoms with E-state index in [0.717, 1.165) is 4.88 Å². The first kappa shape index (κ1) is 16.0. The highest BCUT2D eigenvalue weighted by atomic mass is 32.1. The first-order chi connectivity index (χ1) is 10.5. The number of nitrogens with zero attached hydrogens (tertiary/aromatic N) is 1. The summed E-state index contributed by atoms with van der Waals surface area (Å²) >= 11 is 1.59. The van der Waals surface area contributed by atoms with E-state index in [-0.39, 0.29) is 29.5 Å². The summed E-state index contributed by atoms with van der Waals surface area (Å²) in [5, 5.41) is 15.4. The summed E-state index contributed by atoms with van der Waals surface area (Å²) in [7, 11) is 0. The molecule has 22 heavy (non-hydrogen) atoms. The summed E-state index contributed by atoms with van der Waals surface area (Å²) in [6.07, 6.45) is 2.72. The van der Waals surface area contributed by atoms with Crippen molar-refractivity contribution in [3.63, 3.8) is 0 Å². The molecule has 0 unspecified atom stereocenters. The summed E-state index contributed by atoms with van der Waals surface area (Å²) in [5.74, 6) is -0.107. The Kier molecular flexibility index (Phi) is 5.11. The van der Waals surface area contributed by atoms with Gasteiger partial charge in [0, 0.05) is 11.0 Å². The van der Waals surface area contributed by atoms with Crippen molar-refractivity contribution in [2.45, 2.75) is 19.9 Å². The van der Waals surface area contributed by atoms with Crippen LogP contribution in [0.2, 0.25) is 0 Å². The molecule has 2 aromatic heterocycles. The van der Waals surface area contributed by atoms with Gasteiger partial charge in [-0.2, -0.15) is 0 Å². The molecule has 0 bridgehead atoms. The zero-order chi connectivity index (χ0) is 16.1. The van der Waals surface area contributed by atoms with Crippen LogP contribution >= 0.6 is 11.3 Å². The summed E-state index contributed by atoms with van der Waals surface area (Å²) in [4.78, 5) is 23.0. The topological polar surface area (TPSA) is 85.4 Å². The molecule has 0 saturated carbocycles. The molecule has 2 heterocycles. The van der Waals surface area contributed by atoms with Crippen molar-refractivity contribution in [1.82, 2.24) is 5.32 Å². The molecule has 0 saturated heterocycles. The van der Waals surface area contributed by atoms with Crippen LogP contribution in [0.3, 0.4) is 0 Å². The maximum atomic E-state index is 12.0. The third kappa shape index (κ3) is 4.05. The quantitative estimate of drug-likeness (QED) is 0.498. The highest BCUT2D eigenvalue weighted by Crippen LogP contribution is 2.25. The molecule has 0 radical (unpaired) electrons. The molecule has 0 aliphatic carbocycles. The van der Waals surface area contributed by atoms with Crippen LogP contribution in [0.1, 0.15) is 30.5 Å². The lowest BCUT2D eigenvalue weighted by atomic mass is 10.0. The first-order valence-electron chi connectivity index (χ1n) is 6.73. The van der Waals surface area contributed by atoms with Crippen molar-refractivity contribution >= 4 is 29.2 Å². The van der Waals surface area contributed by atoms with Gasteiger partial charge in [-0.05, 0) is 29.5 Å². The molecule has 6 nitrogen and oxygen atoms in total. The van der Waals surface area contributed by atoms with Crippen LogP contribution in [-0.2, 0) is 4.79 Å². The number of carbonyl (C=O) groups excluding carboxylic acids is 1. The lowest BCUT2D eigenvalue weighted by Crippen LogP contribution is -2.29. The lowest BCUT2D eigenvalue weighted by Gasteiger charge is -2.20. The van der Waals surface area contributed by atoms with Gasteiger partial charge in [0.15, 0.2) is 0 Å². The molecule has 0 aliphatic rings. The molecular weight excluding hydrogens is 304 g/mol. The molecule has 0 aliphatic heterocycles. The van der Waals surface area contributed by atoms with E-state index in [1.165, 1.54) is 24.3 Å². The number of nitrogens with one attached hydrogen (secondary N) is 1. The number of hydrogen-bond acceptors (Lipinski definition) is 5. The minimum absolute atomic E-state index is 0.0666. The Morgan fingerprint density at radius 1 is 1.41 bits per heavy atom. The molecule has 0 aromatic carbocycles. The molecule has 116 valence electrons. The molecular formula is C15H16N2O4S. The Hall–Kier alpha value is -2.41. The second kappa shape index (κ2) is 7.04. The predicted octanol–water partition coefficient (Wildman–Crippen LogP) is 3.78. The van der Waals surface area contributed by atoms with Crippen LogP contribution in [-0.4, -0.2) is 10.8 Å². The fourth-order valence-corrected chi connectivity index (χ4v) is 2.87. The Morgan fingerprint density at radius 3 is 2.73 bits per heavy atom. The van der Waals surface area contributed by atoms with Crippen molar-refractivity contribution in [3.05, 3.63) is 56.5 Å². The van der Waals surface area contributed by atoms with Crippen LogP contribution in [0, 0.1) is 16.0 Å². The van der Waals surface area contributed by atoms with E-state index in [2.05, 4.69) is 5.32 Å². The van der Waals surface area contributed by atoms with Crippen molar-refractivity contribution in [2.75, 3.05) is 0 Å². The smallest absolute Gasteiger partial charge is 0.401 e. The molecule has 2 rings (SSSR count). The maximum Gasteiger partial charge on any atom is 0.433 e. The third-order valence-electron chi connectivity index (χ3n) is 3.01. The number of amides is 1. The lowest BCUT2D eigenvalue weighted by molar-refractivity contribution is -0.402. The number of carbonyl (C=O) groups is 1. The van der Waals surface area contributed by atoms with Crippen LogP contribution < -0.4 is 5.32 Å². The van der Waals surface area contributed by atoms with Gasteiger partial charge in [0.05, 0.1) is 12.1 Å². The summed E-state index contributed by atoms with van der Waals surface area (Å²) in [6.45, 7) is 4.06. The van der Waals surface area contributed by atoms with E-state index in [1.54, 1.807) is 11.3 Å². The van der Waals surface area contributed by atoms with Crippen molar-refractivity contribution < 1.29 is 14.1 Å². The molecule has 1 amide bonds. The zero-order valence-electron chi connectivity index (χ0n) is 12.2. The van der Waals surface area contributed by atoms with E-state index in [4.69, 9.17) is 4.42 Å². The normalized spacial score (nSPS) is 12.7. The van der Waals surface area contributed by atoms with Crippen LogP contribution in [0.25, 0.3) is 6.08 Å². The second-order valence-corrected chi connectivity index (χ2v) is 5.99. The van der Waals surface area contributed by atoms with Gasteiger partial charge in [-0.3, -0.25) is 14.9 Å². The first-order valence-corrected chi connectivity index (χ1v) is 7.61. The molecule has 7 heteroatoms. The van der Waals surface area contributed by atoms with Gasteiger partial charge in [0.1, 0.15) is 10.7 Å². The highest BCUT2D eigenvalue weighted by Gasteiger charge is 2.18. The van der Waals surface area contributed by atoms with E-state index in [1.807, 2.05) is 31.4 Å². The minimum Gasteiger partial charge on any atom is -0.401 e. The Balaban J connectivity index is 2.01. The van der Waals surface area contributed by atoms with Crippen LogP contribution in [0.15, 0.2) is 40.1 Å². The van der Waals surface area contributed by atoms with Gasteiger partial charge < -0.3 is 9.73 Å². The van der Waals surface area contributed by atoms with E-state index < -0.39 is 4.92 Å². The Bertz CT molecular complexity index is 674. The zero-order valence-corrected chi connectivity index (χ0v) is 13.0. The number of nitro groups is 1. The second-order valence-electron chi connectivity index (χ2n) is 5.01. The fourth-order valence-electron chi connectivity index (χ4n) is 1.92. The van der Waals surface area contributed by atoms with Crippen molar-refractivity contribution in [3.8, 4) is 0 Å². The van der Waals surface area contributed by atoms with Gasteiger partial charge in [-0.1, -0.05) is 19.9 Å². The van der Waals surface area contributed by atoms with Crippen molar-refractivity contribution in [2.24, 2.45) is 5.92 Å². The number of thiophene rings is 1. The minimum atomic E-state index is -0.622. The van der Waals surface area contributed by atoms with E-state index in [0.29, 0.717) is 0 Å². The van der Waals surface area contributed by atoms with E-state index >= 15 is 0 Å². The average Bonchev–Trinajstić information content (AvgIpc) is 3.13. The Labute approximate surface area is 131 Å². The SMILES string of the molecule is CC(C)[C@H](NC(=O)/C=C/c1ccc([N+](=O)[O-])o1)c1cccs1. The monoisotopic (exact) mass is 320 g/mol. The highest BCUT2D eigenvalue weighted by molar-refractivity contribution is 7.10. The summed E-state index contributed by atoms with van der Waals surface area (Å²) < 4.78 is 4.96. The number of hydrogen-bond donors (Lipinski definition) is 1. The molecule has 0 fully saturated rings. The van der Waals surface area contributed by atoms with Gasteiger partial charge >= 0.3 is 5.88 Å². The third-order valence-corrected chi connectivity index (χ3v) is 3.96. The van der Waals surface area contributed by atoms with Crippen LogP contribution in [0.5, 0.6) is 0 Å². The molecule has 2 aromatic rings. The Morgan fingerprint density at radius 2 is 2.18 bits per heavy atom. The van der Waals surface area contributed by atoms with E-state index in [9.17, 15) is 14.9 Å². The van der Waals surface area contributed by atoms with Crippen molar-refractivity contribution in [1.29, 1.82) is 0 Å². The average molecular weight is 320 g/mol.